The highest BCUT2D eigenvalue weighted by atomic mass is 15.1. The minimum absolute atomic E-state index is 0.446. The second kappa shape index (κ2) is 9.07. The van der Waals surface area contributed by atoms with Gasteiger partial charge in [0.1, 0.15) is 17.2 Å². The van der Waals surface area contributed by atoms with Crippen LogP contribution in [0.5, 0.6) is 0 Å². The maximum Gasteiger partial charge on any atom is 0.184 e. The van der Waals surface area contributed by atoms with E-state index in [-0.39, 0.29) is 0 Å². The second-order valence-corrected chi connectivity index (χ2v) is 7.77. The molecule has 0 spiro atoms. The summed E-state index contributed by atoms with van der Waals surface area (Å²) in [5, 5.41) is 3.29. The topological polar surface area (TPSA) is 88.3 Å². The van der Waals surface area contributed by atoms with Crippen molar-refractivity contribution in [3.05, 3.63) is 121 Å². The van der Waals surface area contributed by atoms with Crippen LogP contribution in [-0.4, -0.2) is 31.6 Å². The number of amidine groups is 2. The lowest BCUT2D eigenvalue weighted by molar-refractivity contribution is 1.17. The first-order chi connectivity index (χ1) is 17.3. The van der Waals surface area contributed by atoms with Crippen molar-refractivity contribution >= 4 is 23.3 Å². The van der Waals surface area contributed by atoms with Gasteiger partial charge in [-0.3, -0.25) is 0 Å². The molecule has 1 aliphatic rings. The lowest BCUT2D eigenvalue weighted by Gasteiger charge is -2.12. The number of anilines is 1. The van der Waals surface area contributed by atoms with Crippen LogP contribution in [0, 0.1) is 0 Å². The highest BCUT2D eigenvalue weighted by Crippen LogP contribution is 2.32. The molecule has 1 aliphatic heterocycles. The molecule has 0 aliphatic carbocycles. The van der Waals surface area contributed by atoms with Crippen LogP contribution in [0.2, 0.25) is 0 Å². The summed E-state index contributed by atoms with van der Waals surface area (Å²) in [6.45, 7) is 0. The number of benzene rings is 2. The van der Waals surface area contributed by atoms with Crippen molar-refractivity contribution in [1.82, 2.24) is 19.9 Å². The Balaban J connectivity index is 1.57. The largest absolute Gasteiger partial charge is 0.323 e. The second-order valence-electron chi connectivity index (χ2n) is 7.77. The van der Waals surface area contributed by atoms with Crippen molar-refractivity contribution < 1.29 is 0 Å². The molecule has 0 unspecified atom stereocenters. The Morgan fingerprint density at radius 2 is 1.14 bits per heavy atom. The van der Waals surface area contributed by atoms with Crippen LogP contribution in [0.4, 0.5) is 11.6 Å². The fourth-order valence-corrected chi connectivity index (χ4v) is 3.81. The van der Waals surface area contributed by atoms with Gasteiger partial charge >= 0.3 is 0 Å². The summed E-state index contributed by atoms with van der Waals surface area (Å²) in [7, 11) is 0. The van der Waals surface area contributed by atoms with E-state index < -0.39 is 0 Å². The predicted octanol–water partition coefficient (Wildman–Crippen LogP) is 5.55. The zero-order chi connectivity index (χ0) is 23.5. The Kier molecular flexibility index (Phi) is 5.33. The number of fused-ring (bicyclic) bond motifs is 1. The number of pyridine rings is 2. The van der Waals surface area contributed by atoms with Gasteiger partial charge in [0.15, 0.2) is 17.5 Å². The zero-order valence-corrected chi connectivity index (χ0v) is 18.6. The Bertz CT molecular complexity index is 1530. The third-order valence-corrected chi connectivity index (χ3v) is 5.43. The fourth-order valence-electron chi connectivity index (χ4n) is 3.81. The molecule has 7 nitrogen and oxygen atoms in total. The molecule has 1 N–H and O–H groups in total. The summed E-state index contributed by atoms with van der Waals surface area (Å²) >= 11 is 0. The Labute approximate surface area is 202 Å². The third-order valence-electron chi connectivity index (χ3n) is 5.43. The van der Waals surface area contributed by atoms with Crippen LogP contribution >= 0.6 is 0 Å². The van der Waals surface area contributed by atoms with E-state index in [1.165, 1.54) is 0 Å². The Morgan fingerprint density at radius 3 is 1.74 bits per heavy atom. The maximum atomic E-state index is 5.08. The van der Waals surface area contributed by atoms with E-state index in [1.54, 1.807) is 12.4 Å². The molecule has 7 heteroatoms. The van der Waals surface area contributed by atoms with Crippen molar-refractivity contribution in [2.45, 2.75) is 0 Å². The molecule has 166 valence electrons. The molecule has 0 saturated carbocycles. The third kappa shape index (κ3) is 4.18. The van der Waals surface area contributed by atoms with Crippen LogP contribution in [0.15, 0.2) is 119 Å². The van der Waals surface area contributed by atoms with Gasteiger partial charge in [-0.1, -0.05) is 72.8 Å². The highest BCUT2D eigenvalue weighted by Gasteiger charge is 2.29. The number of nitrogens with zero attached hydrogens (tertiary/aromatic N) is 6. The van der Waals surface area contributed by atoms with Crippen LogP contribution < -0.4 is 5.32 Å². The molecule has 0 fully saturated rings. The molecule has 4 heterocycles. The fraction of sp³-hybridized carbons (Fsp3) is 0. The molecule has 2 aromatic carbocycles. The molecule has 35 heavy (non-hydrogen) atoms. The summed E-state index contributed by atoms with van der Waals surface area (Å²) in [6.07, 6.45) is 3.42. The summed E-state index contributed by atoms with van der Waals surface area (Å²) in [6, 6.07) is 31.3. The molecule has 0 amide bonds. The Hall–Kier alpha value is -5.04. The van der Waals surface area contributed by atoms with E-state index in [4.69, 9.17) is 15.0 Å². The van der Waals surface area contributed by atoms with Gasteiger partial charge in [0, 0.05) is 23.5 Å². The smallest absolute Gasteiger partial charge is 0.184 e. The summed E-state index contributed by atoms with van der Waals surface area (Å²) in [5.41, 5.74) is 4.67. The number of nitrogens with one attached hydrogen (secondary N) is 1. The number of rotatable bonds is 4. The van der Waals surface area contributed by atoms with E-state index in [0.717, 1.165) is 22.5 Å². The van der Waals surface area contributed by atoms with Gasteiger partial charge in [-0.15, -0.1) is 0 Å². The highest BCUT2D eigenvalue weighted by molar-refractivity contribution is 6.25. The van der Waals surface area contributed by atoms with E-state index in [0.29, 0.717) is 34.7 Å². The van der Waals surface area contributed by atoms with Crippen molar-refractivity contribution in [3.63, 3.8) is 0 Å². The normalized spacial score (nSPS) is 13.4. The average molecular weight is 454 g/mol. The quantitative estimate of drug-likeness (QED) is 0.385. The number of hydrogen-bond donors (Lipinski definition) is 1. The molecular weight excluding hydrogens is 434 g/mol. The van der Waals surface area contributed by atoms with Crippen molar-refractivity contribution in [2.75, 3.05) is 5.32 Å². The van der Waals surface area contributed by atoms with Crippen LogP contribution in [0.1, 0.15) is 11.4 Å². The van der Waals surface area contributed by atoms with Gasteiger partial charge in [-0.05, 0) is 24.3 Å². The van der Waals surface area contributed by atoms with Gasteiger partial charge in [0.05, 0.1) is 11.4 Å². The molecule has 0 atom stereocenters. The number of aliphatic imine (C=N–C) groups is 2. The first-order valence-corrected chi connectivity index (χ1v) is 11.2. The molecular formula is C28H19N7. The number of hydrogen-bond acceptors (Lipinski definition) is 6. The van der Waals surface area contributed by atoms with E-state index in [1.807, 2.05) is 97.1 Å². The summed E-state index contributed by atoms with van der Waals surface area (Å²) in [5.74, 6) is 2.19. The van der Waals surface area contributed by atoms with Crippen molar-refractivity contribution in [1.29, 1.82) is 0 Å². The van der Waals surface area contributed by atoms with Crippen LogP contribution in [0.25, 0.3) is 22.5 Å². The number of aromatic nitrogens is 4. The summed E-state index contributed by atoms with van der Waals surface area (Å²) < 4.78 is 0. The van der Waals surface area contributed by atoms with Crippen molar-refractivity contribution in [2.24, 2.45) is 9.98 Å². The SMILES string of the molecule is c1ccc(-c2nc3c(nc2-c2ccccc2)/C(=N\c2ccccn2)N=C3Nc2ccccn2)cc1. The lowest BCUT2D eigenvalue weighted by Crippen LogP contribution is -2.15. The predicted molar refractivity (Wildman–Crippen MR) is 138 cm³/mol. The molecule has 3 aromatic heterocycles. The average Bonchev–Trinajstić information content (AvgIpc) is 3.25. The van der Waals surface area contributed by atoms with Gasteiger partial charge in [-0.2, -0.15) is 0 Å². The minimum atomic E-state index is 0.446. The monoisotopic (exact) mass is 453 g/mol. The molecule has 0 saturated heterocycles. The van der Waals surface area contributed by atoms with Crippen molar-refractivity contribution in [3.8, 4) is 22.5 Å². The first kappa shape index (κ1) is 20.6. The van der Waals surface area contributed by atoms with Gasteiger partial charge in [-0.25, -0.2) is 29.9 Å². The van der Waals surface area contributed by atoms with E-state index in [9.17, 15) is 0 Å². The van der Waals surface area contributed by atoms with Crippen LogP contribution in [-0.2, 0) is 0 Å². The zero-order valence-electron chi connectivity index (χ0n) is 18.6. The van der Waals surface area contributed by atoms with Crippen LogP contribution in [0.3, 0.4) is 0 Å². The first-order valence-electron chi connectivity index (χ1n) is 11.2. The molecule has 5 aromatic rings. The lowest BCUT2D eigenvalue weighted by atomic mass is 10.0. The van der Waals surface area contributed by atoms with Gasteiger partial charge in [0.2, 0.25) is 0 Å². The Morgan fingerprint density at radius 1 is 0.543 bits per heavy atom. The molecule has 6 rings (SSSR count). The van der Waals surface area contributed by atoms with Gasteiger partial charge < -0.3 is 5.32 Å². The standard InChI is InChI=1S/C28H19N7/c1-3-11-19(12-4-1)23-24(20-13-5-2-6-14-20)34-26-25(33-23)27(31-21-15-7-9-17-29-21)35-28(26)32-22-16-8-10-18-30-22/h1-18H,(H,29,30,31,32,35). The summed E-state index contributed by atoms with van der Waals surface area (Å²) in [4.78, 5) is 28.3. The minimum Gasteiger partial charge on any atom is -0.323 e. The maximum absolute atomic E-state index is 5.08. The van der Waals surface area contributed by atoms with E-state index >= 15 is 0 Å². The van der Waals surface area contributed by atoms with E-state index in [2.05, 4.69) is 20.3 Å². The molecule has 0 radical (unpaired) electrons. The molecule has 0 bridgehead atoms. The van der Waals surface area contributed by atoms with Gasteiger partial charge in [0.25, 0.3) is 0 Å².